The first-order valence-corrected chi connectivity index (χ1v) is 10.0. The van der Waals surface area contributed by atoms with Crippen molar-refractivity contribution in [3.63, 3.8) is 0 Å². The largest absolute Gasteiger partial charge is 0.352 e. The zero-order chi connectivity index (χ0) is 20.4. The van der Waals surface area contributed by atoms with Crippen LogP contribution in [0.1, 0.15) is 25.5 Å². The molecule has 0 unspecified atom stereocenters. The van der Waals surface area contributed by atoms with E-state index in [9.17, 15) is 9.59 Å². The number of hydrogen-bond donors (Lipinski definition) is 1. The fourth-order valence-corrected chi connectivity index (χ4v) is 3.72. The van der Waals surface area contributed by atoms with Gasteiger partial charge >= 0.3 is 6.03 Å². The van der Waals surface area contributed by atoms with Gasteiger partial charge in [0.2, 0.25) is 5.91 Å². The Bertz CT molecular complexity index is 888. The lowest BCUT2D eigenvalue weighted by Gasteiger charge is -2.35. The van der Waals surface area contributed by atoms with Gasteiger partial charge in [-0.15, -0.1) is 0 Å². The Hall–Kier alpha value is -3.16. The molecule has 1 aliphatic heterocycles. The van der Waals surface area contributed by atoms with Gasteiger partial charge in [0.05, 0.1) is 5.69 Å². The van der Waals surface area contributed by atoms with Gasteiger partial charge in [-0.3, -0.25) is 9.78 Å². The fraction of sp³-hybridized carbons (Fsp3) is 0.429. The quantitative estimate of drug-likeness (QED) is 0.862. The third-order valence-corrected chi connectivity index (χ3v) is 5.37. The van der Waals surface area contributed by atoms with E-state index in [2.05, 4.69) is 20.2 Å². The van der Waals surface area contributed by atoms with Gasteiger partial charge in [0.15, 0.2) is 0 Å². The number of nitrogens with zero attached hydrogens (tertiary/aromatic N) is 5. The van der Waals surface area contributed by atoms with Crippen molar-refractivity contribution in [2.24, 2.45) is 0 Å². The van der Waals surface area contributed by atoms with Gasteiger partial charge in [-0.2, -0.15) is 0 Å². The molecule has 29 heavy (non-hydrogen) atoms. The van der Waals surface area contributed by atoms with E-state index >= 15 is 0 Å². The van der Waals surface area contributed by atoms with Crippen LogP contribution in [0.5, 0.6) is 0 Å². The van der Waals surface area contributed by atoms with Crippen molar-refractivity contribution in [1.29, 1.82) is 0 Å². The minimum absolute atomic E-state index is 0.0560. The summed E-state index contributed by atoms with van der Waals surface area (Å²) in [6.45, 7) is 6.23. The van der Waals surface area contributed by atoms with E-state index in [-0.39, 0.29) is 11.9 Å². The highest BCUT2D eigenvalue weighted by molar-refractivity contribution is 5.94. The predicted molar refractivity (Wildman–Crippen MR) is 112 cm³/mol. The molecular weight excluding hydrogens is 368 g/mol. The number of aryl methyl sites for hydroxylation is 1. The molecule has 1 aromatic carbocycles. The molecule has 2 aliphatic rings. The number of piperazine rings is 1. The Morgan fingerprint density at radius 1 is 1.03 bits per heavy atom. The van der Waals surface area contributed by atoms with Gasteiger partial charge in [0.1, 0.15) is 5.82 Å². The Labute approximate surface area is 170 Å². The van der Waals surface area contributed by atoms with Crippen LogP contribution in [0.15, 0.2) is 36.7 Å². The van der Waals surface area contributed by atoms with Crippen molar-refractivity contribution in [3.8, 4) is 0 Å². The molecule has 0 bridgehead atoms. The average Bonchev–Trinajstić information content (AvgIpc) is 3.55. The summed E-state index contributed by atoms with van der Waals surface area (Å²) in [5.41, 5.74) is 2.51. The zero-order valence-electron chi connectivity index (χ0n) is 16.8. The monoisotopic (exact) mass is 394 g/mol. The van der Waals surface area contributed by atoms with Crippen molar-refractivity contribution in [2.45, 2.75) is 32.7 Å². The second kappa shape index (κ2) is 8.06. The first-order valence-electron chi connectivity index (χ1n) is 10.0. The van der Waals surface area contributed by atoms with Crippen molar-refractivity contribution < 1.29 is 9.59 Å². The Morgan fingerprint density at radius 2 is 1.69 bits per heavy atom. The van der Waals surface area contributed by atoms with E-state index in [0.717, 1.165) is 48.8 Å². The zero-order valence-corrected chi connectivity index (χ0v) is 16.8. The first kappa shape index (κ1) is 19.2. The highest BCUT2D eigenvalue weighted by atomic mass is 16.2. The Morgan fingerprint density at radius 3 is 2.28 bits per heavy atom. The number of carbonyl (C=O) groups is 2. The van der Waals surface area contributed by atoms with Crippen LogP contribution >= 0.6 is 0 Å². The summed E-state index contributed by atoms with van der Waals surface area (Å²) in [6, 6.07) is 7.70. The average molecular weight is 394 g/mol. The van der Waals surface area contributed by atoms with E-state index in [1.807, 2.05) is 41.0 Å². The number of carbonyl (C=O) groups excluding carboxylic acids is 2. The summed E-state index contributed by atoms with van der Waals surface area (Å²) in [6.07, 6.45) is 5.49. The number of urea groups is 1. The molecule has 0 radical (unpaired) electrons. The number of rotatable bonds is 4. The minimum atomic E-state index is -0.112. The van der Waals surface area contributed by atoms with E-state index in [4.69, 9.17) is 0 Å². The molecule has 2 heterocycles. The lowest BCUT2D eigenvalue weighted by atomic mass is 10.2. The summed E-state index contributed by atoms with van der Waals surface area (Å²) < 4.78 is 0. The van der Waals surface area contributed by atoms with Gasteiger partial charge in [-0.25, -0.2) is 9.78 Å². The standard InChI is InChI=1S/C21H26N6O2/c1-15-20(23-10-9-22-15)25-11-13-26(14-12-25)21(29)24-17-3-5-18(6-4-17)27(16(2)28)19-7-8-19/h3-6,9-10,19H,7-8,11-14H2,1-2H3,(H,24,29). The molecule has 1 saturated carbocycles. The molecule has 1 aliphatic carbocycles. The van der Waals surface area contributed by atoms with Crippen LogP contribution in [0.2, 0.25) is 0 Å². The summed E-state index contributed by atoms with van der Waals surface area (Å²) >= 11 is 0. The smallest absolute Gasteiger partial charge is 0.321 e. The summed E-state index contributed by atoms with van der Waals surface area (Å²) in [5, 5.41) is 2.95. The third kappa shape index (κ3) is 4.31. The fourth-order valence-electron chi connectivity index (χ4n) is 3.72. The van der Waals surface area contributed by atoms with Crippen molar-refractivity contribution in [3.05, 3.63) is 42.4 Å². The molecule has 4 rings (SSSR count). The normalized spacial score (nSPS) is 16.5. The van der Waals surface area contributed by atoms with E-state index in [0.29, 0.717) is 19.1 Å². The van der Waals surface area contributed by atoms with Crippen LogP contribution in [0.3, 0.4) is 0 Å². The molecule has 1 aromatic heterocycles. The van der Waals surface area contributed by atoms with Crippen molar-refractivity contribution in [2.75, 3.05) is 41.3 Å². The highest BCUT2D eigenvalue weighted by Gasteiger charge is 2.32. The van der Waals surface area contributed by atoms with Gasteiger partial charge in [0.25, 0.3) is 0 Å². The number of amides is 3. The van der Waals surface area contributed by atoms with Crippen LogP contribution in [-0.2, 0) is 4.79 Å². The number of nitrogens with one attached hydrogen (secondary N) is 1. The molecule has 0 atom stereocenters. The predicted octanol–water partition coefficient (Wildman–Crippen LogP) is 2.65. The lowest BCUT2D eigenvalue weighted by Crippen LogP contribution is -2.50. The second-order valence-electron chi connectivity index (χ2n) is 7.54. The van der Waals surface area contributed by atoms with Crippen LogP contribution in [0, 0.1) is 6.92 Å². The van der Waals surface area contributed by atoms with Crippen molar-refractivity contribution in [1.82, 2.24) is 14.9 Å². The molecule has 2 aromatic rings. The minimum Gasteiger partial charge on any atom is -0.352 e. The topological polar surface area (TPSA) is 81.7 Å². The maximum Gasteiger partial charge on any atom is 0.321 e. The first-order chi connectivity index (χ1) is 14.0. The van der Waals surface area contributed by atoms with Crippen molar-refractivity contribution >= 4 is 29.1 Å². The van der Waals surface area contributed by atoms with Crippen LogP contribution in [0.4, 0.5) is 22.0 Å². The number of aromatic nitrogens is 2. The van der Waals surface area contributed by atoms with E-state index in [1.165, 1.54) is 0 Å². The highest BCUT2D eigenvalue weighted by Crippen LogP contribution is 2.32. The maximum absolute atomic E-state index is 12.6. The number of anilines is 3. The Kier molecular flexibility index (Phi) is 5.33. The van der Waals surface area contributed by atoms with E-state index in [1.54, 1.807) is 19.3 Å². The van der Waals surface area contributed by atoms with Gasteiger partial charge < -0.3 is 20.0 Å². The molecule has 2 fully saturated rings. The number of benzene rings is 1. The summed E-state index contributed by atoms with van der Waals surface area (Å²) in [5.74, 6) is 0.939. The molecule has 8 nitrogen and oxygen atoms in total. The molecule has 3 amide bonds. The molecular formula is C21H26N6O2. The van der Waals surface area contributed by atoms with Gasteiger partial charge in [-0.1, -0.05) is 0 Å². The number of hydrogen-bond acceptors (Lipinski definition) is 5. The third-order valence-electron chi connectivity index (χ3n) is 5.37. The maximum atomic E-state index is 12.6. The Balaban J connectivity index is 1.33. The molecule has 1 N–H and O–H groups in total. The molecule has 1 saturated heterocycles. The van der Waals surface area contributed by atoms with Crippen LogP contribution < -0.4 is 15.1 Å². The SMILES string of the molecule is CC(=O)N(c1ccc(NC(=O)N2CCN(c3nccnc3C)CC2)cc1)C1CC1. The summed E-state index contributed by atoms with van der Waals surface area (Å²) in [7, 11) is 0. The van der Waals surface area contributed by atoms with Gasteiger partial charge in [0, 0.05) is 62.9 Å². The van der Waals surface area contributed by atoms with Gasteiger partial charge in [-0.05, 0) is 44.0 Å². The molecule has 152 valence electrons. The lowest BCUT2D eigenvalue weighted by molar-refractivity contribution is -0.116. The van der Waals surface area contributed by atoms with Crippen LogP contribution in [-0.4, -0.2) is 59.0 Å². The molecule has 0 spiro atoms. The van der Waals surface area contributed by atoms with E-state index < -0.39 is 0 Å². The molecule has 8 heteroatoms. The summed E-state index contributed by atoms with van der Waals surface area (Å²) in [4.78, 5) is 39.0. The van der Waals surface area contributed by atoms with Crippen LogP contribution in [0.25, 0.3) is 0 Å². The second-order valence-corrected chi connectivity index (χ2v) is 7.54.